The van der Waals surface area contributed by atoms with Gasteiger partial charge in [-0.15, -0.1) is 11.8 Å². The molecular formula is C24H37NO2S. The van der Waals surface area contributed by atoms with Gasteiger partial charge in [-0.2, -0.15) is 0 Å². The van der Waals surface area contributed by atoms with Gasteiger partial charge >= 0.3 is 0 Å². The van der Waals surface area contributed by atoms with Crippen LogP contribution in [-0.4, -0.2) is 22.1 Å². The van der Waals surface area contributed by atoms with Crippen molar-refractivity contribution in [1.29, 1.82) is 0 Å². The Morgan fingerprint density at radius 2 is 1.39 bits per heavy atom. The van der Waals surface area contributed by atoms with Crippen LogP contribution in [0.3, 0.4) is 0 Å². The van der Waals surface area contributed by atoms with Crippen LogP contribution in [0.2, 0.25) is 0 Å². The maximum absolute atomic E-state index is 12.3. The lowest BCUT2D eigenvalue weighted by Gasteiger charge is -2.28. The van der Waals surface area contributed by atoms with E-state index in [1.165, 1.54) is 56.9 Å². The van der Waals surface area contributed by atoms with E-state index in [0.29, 0.717) is 12.8 Å². The first kappa shape index (κ1) is 23.0. The Labute approximate surface area is 175 Å². The third-order valence-corrected chi connectivity index (χ3v) is 7.00. The fourth-order valence-electron chi connectivity index (χ4n) is 3.84. The monoisotopic (exact) mass is 403 g/mol. The topological polar surface area (TPSA) is 37.4 Å². The van der Waals surface area contributed by atoms with Crippen molar-refractivity contribution in [3.63, 3.8) is 0 Å². The summed E-state index contributed by atoms with van der Waals surface area (Å²) in [6.45, 7) is 4.43. The minimum Gasteiger partial charge on any atom is -0.274 e. The molecule has 1 fully saturated rings. The fourth-order valence-corrected chi connectivity index (χ4v) is 5.29. The molecule has 1 saturated heterocycles. The molecule has 4 heteroatoms. The van der Waals surface area contributed by atoms with E-state index in [-0.39, 0.29) is 22.4 Å². The molecule has 28 heavy (non-hydrogen) atoms. The van der Waals surface area contributed by atoms with Crippen molar-refractivity contribution in [3.05, 3.63) is 35.9 Å². The third-order valence-electron chi connectivity index (χ3n) is 5.56. The third kappa shape index (κ3) is 7.62. The van der Waals surface area contributed by atoms with Gasteiger partial charge in [0.25, 0.3) is 0 Å². The van der Waals surface area contributed by atoms with Crippen LogP contribution < -0.4 is 0 Å². The van der Waals surface area contributed by atoms with Crippen LogP contribution >= 0.6 is 11.8 Å². The minimum absolute atomic E-state index is 0.0127. The maximum Gasteiger partial charge on any atom is 0.230 e. The summed E-state index contributed by atoms with van der Waals surface area (Å²) in [4.78, 5) is 26.2. The summed E-state index contributed by atoms with van der Waals surface area (Å²) in [6, 6.07) is 10.4. The number of likely N-dealkylation sites (tertiary alicyclic amines) is 1. The van der Waals surface area contributed by atoms with Crippen LogP contribution in [0.5, 0.6) is 0 Å². The number of thioether (sulfide) groups is 1. The highest BCUT2D eigenvalue weighted by Gasteiger charge is 2.35. The van der Waals surface area contributed by atoms with E-state index in [0.717, 1.165) is 12.8 Å². The summed E-state index contributed by atoms with van der Waals surface area (Å²) in [5, 5.41) is 0.244. The molecule has 1 aromatic carbocycles. The number of rotatable bonds is 14. The Bertz CT molecular complexity index is 574. The van der Waals surface area contributed by atoms with Crippen LogP contribution in [0.4, 0.5) is 0 Å². The van der Waals surface area contributed by atoms with Gasteiger partial charge in [-0.3, -0.25) is 14.5 Å². The number of imide groups is 1. The Morgan fingerprint density at radius 1 is 0.857 bits per heavy atom. The van der Waals surface area contributed by atoms with Gasteiger partial charge in [0.15, 0.2) is 0 Å². The van der Waals surface area contributed by atoms with E-state index in [1.54, 1.807) is 16.7 Å². The summed E-state index contributed by atoms with van der Waals surface area (Å²) in [7, 11) is 0. The van der Waals surface area contributed by atoms with E-state index < -0.39 is 0 Å². The molecule has 0 saturated carbocycles. The fraction of sp³-hybridized carbons (Fsp3) is 0.667. The van der Waals surface area contributed by atoms with Gasteiger partial charge in [0, 0.05) is 18.1 Å². The lowest BCUT2D eigenvalue weighted by Crippen LogP contribution is -2.37. The average Bonchev–Trinajstić information content (AvgIpc) is 3.04. The van der Waals surface area contributed by atoms with Crippen LogP contribution in [0.1, 0.15) is 102 Å². The maximum atomic E-state index is 12.3. The molecule has 0 radical (unpaired) electrons. The standard InChI is InChI=1S/C24H37NO2S/c1-3-4-5-6-7-8-9-10-14-17-24(25-22(26)18-19-23(25)27)28-20(2)21-15-12-11-13-16-21/h11-13,15-16,20,24H,3-10,14,17-19H2,1-2H3. The highest BCUT2D eigenvalue weighted by Crippen LogP contribution is 2.37. The van der Waals surface area contributed by atoms with Gasteiger partial charge in [-0.05, 0) is 18.9 Å². The molecule has 2 atom stereocenters. The number of hydrogen-bond donors (Lipinski definition) is 0. The van der Waals surface area contributed by atoms with Gasteiger partial charge in [0.2, 0.25) is 11.8 Å². The predicted octanol–water partition coefficient (Wildman–Crippen LogP) is 6.88. The molecular weight excluding hydrogens is 366 g/mol. The summed E-state index contributed by atoms with van der Waals surface area (Å²) in [5.41, 5.74) is 1.25. The molecule has 3 nitrogen and oxygen atoms in total. The number of unbranched alkanes of at least 4 members (excludes halogenated alkanes) is 8. The molecule has 1 aromatic rings. The first-order valence-corrected chi connectivity index (χ1v) is 12.1. The molecule has 0 spiro atoms. The molecule has 1 aliphatic rings. The second-order valence-electron chi connectivity index (χ2n) is 7.92. The normalized spacial score (nSPS) is 16.6. The van der Waals surface area contributed by atoms with E-state index >= 15 is 0 Å². The van der Waals surface area contributed by atoms with Gasteiger partial charge < -0.3 is 0 Å². The van der Waals surface area contributed by atoms with Crippen LogP contribution in [0.15, 0.2) is 30.3 Å². The van der Waals surface area contributed by atoms with Gasteiger partial charge in [0.05, 0.1) is 5.37 Å². The molecule has 2 amide bonds. The Kier molecular flexibility index (Phi) is 10.7. The minimum atomic E-state index is -0.0257. The zero-order valence-electron chi connectivity index (χ0n) is 17.7. The first-order valence-electron chi connectivity index (χ1n) is 11.2. The van der Waals surface area contributed by atoms with E-state index in [9.17, 15) is 9.59 Å². The second kappa shape index (κ2) is 13.0. The van der Waals surface area contributed by atoms with Gasteiger partial charge in [-0.25, -0.2) is 0 Å². The van der Waals surface area contributed by atoms with Crippen molar-refractivity contribution in [3.8, 4) is 0 Å². The summed E-state index contributed by atoms with van der Waals surface area (Å²) in [5.74, 6) is 0.0253. The number of nitrogens with zero attached hydrogens (tertiary/aromatic N) is 1. The van der Waals surface area contributed by atoms with Crippen LogP contribution in [-0.2, 0) is 9.59 Å². The second-order valence-corrected chi connectivity index (χ2v) is 9.44. The molecule has 2 rings (SSSR count). The molecule has 2 unspecified atom stereocenters. The summed E-state index contributed by atoms with van der Waals surface area (Å²) in [6.07, 6.45) is 13.3. The average molecular weight is 404 g/mol. The zero-order valence-corrected chi connectivity index (χ0v) is 18.5. The summed E-state index contributed by atoms with van der Waals surface area (Å²) < 4.78 is 0. The smallest absolute Gasteiger partial charge is 0.230 e. The molecule has 1 aliphatic heterocycles. The lowest BCUT2D eigenvalue weighted by molar-refractivity contribution is -0.139. The van der Waals surface area contributed by atoms with Crippen LogP contribution in [0.25, 0.3) is 0 Å². The van der Waals surface area contributed by atoms with Gasteiger partial charge in [0.1, 0.15) is 0 Å². The zero-order chi connectivity index (χ0) is 20.2. The Balaban J connectivity index is 1.80. The number of hydrogen-bond acceptors (Lipinski definition) is 3. The molecule has 1 heterocycles. The number of benzene rings is 1. The highest BCUT2D eigenvalue weighted by atomic mass is 32.2. The molecule has 0 bridgehead atoms. The SMILES string of the molecule is CCCCCCCCCCCC(SC(C)c1ccccc1)N1C(=O)CCC1=O. The van der Waals surface area contributed by atoms with Crippen molar-refractivity contribution >= 4 is 23.6 Å². The quantitative estimate of drug-likeness (QED) is 0.251. The molecule has 0 aromatic heterocycles. The molecule has 156 valence electrons. The highest BCUT2D eigenvalue weighted by molar-refractivity contribution is 8.00. The Hall–Kier alpha value is -1.29. The van der Waals surface area contributed by atoms with E-state index in [1.807, 2.05) is 18.2 Å². The predicted molar refractivity (Wildman–Crippen MR) is 119 cm³/mol. The van der Waals surface area contributed by atoms with Crippen molar-refractivity contribution in [1.82, 2.24) is 4.90 Å². The van der Waals surface area contributed by atoms with Crippen molar-refractivity contribution < 1.29 is 9.59 Å². The Morgan fingerprint density at radius 3 is 1.96 bits per heavy atom. The van der Waals surface area contributed by atoms with Crippen molar-refractivity contribution in [2.75, 3.05) is 0 Å². The van der Waals surface area contributed by atoms with Crippen molar-refractivity contribution in [2.24, 2.45) is 0 Å². The lowest BCUT2D eigenvalue weighted by atomic mass is 10.1. The summed E-state index contributed by atoms with van der Waals surface area (Å²) >= 11 is 1.76. The van der Waals surface area contributed by atoms with Crippen molar-refractivity contribution in [2.45, 2.75) is 102 Å². The number of amides is 2. The van der Waals surface area contributed by atoms with Crippen LogP contribution in [0, 0.1) is 0 Å². The number of carbonyl (C=O) groups is 2. The van der Waals surface area contributed by atoms with E-state index in [4.69, 9.17) is 0 Å². The number of carbonyl (C=O) groups excluding carboxylic acids is 2. The van der Waals surface area contributed by atoms with Gasteiger partial charge in [-0.1, -0.05) is 95.0 Å². The molecule has 0 N–H and O–H groups in total. The largest absolute Gasteiger partial charge is 0.274 e. The first-order chi connectivity index (χ1) is 13.6. The van der Waals surface area contributed by atoms with E-state index in [2.05, 4.69) is 26.0 Å². The molecule has 0 aliphatic carbocycles.